The Labute approximate surface area is 225 Å². The van der Waals surface area contributed by atoms with Gasteiger partial charge < -0.3 is 25.8 Å². The highest BCUT2D eigenvalue weighted by Crippen LogP contribution is 2.40. The van der Waals surface area contributed by atoms with E-state index in [4.69, 9.17) is 15.2 Å². The number of rotatable bonds is 8. The lowest BCUT2D eigenvalue weighted by Crippen LogP contribution is -2.39. The molecule has 2 aliphatic rings. The van der Waals surface area contributed by atoms with Crippen molar-refractivity contribution in [3.8, 4) is 16.9 Å². The van der Waals surface area contributed by atoms with Crippen molar-refractivity contribution < 1.29 is 24.0 Å². The van der Waals surface area contributed by atoms with Crippen LogP contribution in [0.3, 0.4) is 0 Å². The van der Waals surface area contributed by atoms with E-state index in [2.05, 4.69) is 10.6 Å². The Bertz CT molecular complexity index is 1470. The number of nitro groups is 1. The van der Waals surface area contributed by atoms with Gasteiger partial charge in [0.15, 0.2) is 5.75 Å². The van der Waals surface area contributed by atoms with Crippen LogP contribution in [0, 0.1) is 16.0 Å². The van der Waals surface area contributed by atoms with Gasteiger partial charge >= 0.3 is 5.69 Å². The quantitative estimate of drug-likeness (QED) is 0.270. The number of primary amides is 1. The van der Waals surface area contributed by atoms with Crippen LogP contribution >= 0.6 is 0 Å². The van der Waals surface area contributed by atoms with E-state index in [-0.39, 0.29) is 17.3 Å². The summed E-state index contributed by atoms with van der Waals surface area (Å²) in [6.45, 7) is 3.29. The number of benzene rings is 3. The maximum absolute atomic E-state index is 13.2. The van der Waals surface area contributed by atoms with Crippen LogP contribution in [0.2, 0.25) is 0 Å². The predicted molar refractivity (Wildman–Crippen MR) is 147 cm³/mol. The van der Waals surface area contributed by atoms with E-state index in [9.17, 15) is 19.7 Å². The molecule has 0 spiro atoms. The second-order valence-corrected chi connectivity index (χ2v) is 10.2. The highest BCUT2D eigenvalue weighted by atomic mass is 16.6. The normalized spacial score (nSPS) is 17.6. The minimum atomic E-state index is -0.899. The summed E-state index contributed by atoms with van der Waals surface area (Å²) in [5.41, 5.74) is 9.27. The molecule has 0 aromatic heterocycles. The number of hydrogen-bond donors (Lipinski definition) is 3. The van der Waals surface area contributed by atoms with Crippen molar-refractivity contribution in [2.24, 2.45) is 11.7 Å². The number of nitrogens with zero attached hydrogens (tertiary/aromatic N) is 1. The molecule has 2 unspecified atom stereocenters. The summed E-state index contributed by atoms with van der Waals surface area (Å²) in [6.07, 6.45) is 2.38. The lowest BCUT2D eigenvalue weighted by Gasteiger charge is -2.28. The first-order valence-corrected chi connectivity index (χ1v) is 12.8. The van der Waals surface area contributed by atoms with Gasteiger partial charge in [0.05, 0.1) is 40.1 Å². The van der Waals surface area contributed by atoms with Crippen LogP contribution in [-0.4, -0.2) is 37.1 Å². The zero-order chi connectivity index (χ0) is 27.7. The number of anilines is 3. The largest absolute Gasteiger partial charge is 0.490 e. The molecule has 0 aliphatic carbocycles. The molecule has 2 heterocycles. The topological polar surface area (TPSA) is 146 Å². The minimum Gasteiger partial charge on any atom is -0.490 e. The van der Waals surface area contributed by atoms with Gasteiger partial charge in [-0.1, -0.05) is 12.1 Å². The molecule has 2 amide bonds. The second-order valence-electron chi connectivity index (χ2n) is 10.2. The van der Waals surface area contributed by atoms with Gasteiger partial charge in [0, 0.05) is 19.3 Å². The SMILES string of the molecule is COc1cc(-c2ccc3c(c2)Nc2ccc(C(C)(CCC4CCOC4)C(N)=O)cc2NC3=O)ccc1[N+](=O)[O-]. The molecule has 3 aromatic rings. The highest BCUT2D eigenvalue weighted by molar-refractivity contribution is 6.12. The first kappa shape index (κ1) is 26.2. The van der Waals surface area contributed by atoms with Crippen molar-refractivity contribution in [3.63, 3.8) is 0 Å². The van der Waals surface area contributed by atoms with Crippen molar-refractivity contribution in [2.45, 2.75) is 31.6 Å². The van der Waals surface area contributed by atoms with Crippen LogP contribution in [0.4, 0.5) is 22.7 Å². The third-order valence-electron chi connectivity index (χ3n) is 7.77. The molecule has 2 atom stereocenters. The van der Waals surface area contributed by atoms with Crippen LogP contribution < -0.4 is 21.1 Å². The molecule has 2 aliphatic heterocycles. The Morgan fingerprint density at radius 3 is 2.56 bits per heavy atom. The Balaban J connectivity index is 1.45. The molecule has 10 nitrogen and oxygen atoms in total. The van der Waals surface area contributed by atoms with Gasteiger partial charge in [-0.05, 0) is 85.2 Å². The Morgan fingerprint density at radius 1 is 1.10 bits per heavy atom. The second kappa shape index (κ2) is 10.4. The van der Waals surface area contributed by atoms with Crippen LogP contribution in [0.1, 0.15) is 42.1 Å². The monoisotopic (exact) mass is 530 g/mol. The molecule has 0 radical (unpaired) electrons. The standard InChI is InChI=1S/C29H30N4O6/c1-29(28(30)35,11-9-17-10-12-39-16-17)20-5-7-22-24(15-20)32-27(34)21-6-3-18(13-23(21)31-22)19-4-8-25(33(36)37)26(14-19)38-2/h3-8,13-15,17,31H,9-12,16H2,1-2H3,(H2,30,35)(H,32,34). The van der Waals surface area contributed by atoms with Crippen LogP contribution in [0.25, 0.3) is 11.1 Å². The summed E-state index contributed by atoms with van der Waals surface area (Å²) in [5, 5.41) is 17.6. The number of fused-ring (bicyclic) bond motifs is 2. The lowest BCUT2D eigenvalue weighted by molar-refractivity contribution is -0.385. The molecule has 3 aromatic carbocycles. The molecular formula is C29H30N4O6. The van der Waals surface area contributed by atoms with Gasteiger partial charge in [-0.2, -0.15) is 0 Å². The number of nitrogens with one attached hydrogen (secondary N) is 2. The first-order valence-electron chi connectivity index (χ1n) is 12.8. The maximum Gasteiger partial charge on any atom is 0.310 e. The number of ether oxygens (including phenoxy) is 2. The minimum absolute atomic E-state index is 0.127. The van der Waals surface area contributed by atoms with Crippen molar-refractivity contribution in [2.75, 3.05) is 31.0 Å². The van der Waals surface area contributed by atoms with Crippen LogP contribution in [0.5, 0.6) is 5.75 Å². The highest BCUT2D eigenvalue weighted by Gasteiger charge is 2.35. The number of carbonyl (C=O) groups is 2. The molecule has 1 fully saturated rings. The molecular weight excluding hydrogens is 500 g/mol. The number of amides is 2. The van der Waals surface area contributed by atoms with E-state index in [1.807, 2.05) is 31.2 Å². The third-order valence-corrected chi connectivity index (χ3v) is 7.77. The van der Waals surface area contributed by atoms with E-state index in [0.29, 0.717) is 47.1 Å². The molecule has 0 bridgehead atoms. The molecule has 39 heavy (non-hydrogen) atoms. The van der Waals surface area contributed by atoms with Crippen LogP contribution in [-0.2, 0) is 14.9 Å². The predicted octanol–water partition coefficient (Wildman–Crippen LogP) is 5.14. The van der Waals surface area contributed by atoms with Crippen LogP contribution in [0.15, 0.2) is 54.6 Å². The fourth-order valence-electron chi connectivity index (χ4n) is 5.18. The van der Waals surface area contributed by atoms with Crippen molar-refractivity contribution in [1.29, 1.82) is 0 Å². The lowest BCUT2D eigenvalue weighted by atomic mass is 9.76. The smallest absolute Gasteiger partial charge is 0.310 e. The molecule has 4 N–H and O–H groups in total. The summed E-state index contributed by atoms with van der Waals surface area (Å²) in [5.74, 6) is -0.162. The fraction of sp³-hybridized carbons (Fsp3) is 0.310. The summed E-state index contributed by atoms with van der Waals surface area (Å²) in [7, 11) is 1.38. The summed E-state index contributed by atoms with van der Waals surface area (Å²) in [4.78, 5) is 36.6. The Hall–Kier alpha value is -4.44. The van der Waals surface area contributed by atoms with Gasteiger partial charge in [-0.15, -0.1) is 0 Å². The fourth-order valence-corrected chi connectivity index (χ4v) is 5.18. The summed E-state index contributed by atoms with van der Waals surface area (Å²) in [6, 6.07) is 15.4. The summed E-state index contributed by atoms with van der Waals surface area (Å²) >= 11 is 0. The van der Waals surface area contributed by atoms with E-state index in [1.54, 1.807) is 24.3 Å². The Morgan fingerprint density at radius 2 is 1.87 bits per heavy atom. The van der Waals surface area contributed by atoms with Crippen molar-refractivity contribution >= 4 is 34.6 Å². The first-order chi connectivity index (χ1) is 18.7. The van der Waals surface area contributed by atoms with Gasteiger partial charge in [0.25, 0.3) is 5.91 Å². The number of hydrogen-bond acceptors (Lipinski definition) is 7. The summed E-state index contributed by atoms with van der Waals surface area (Å²) < 4.78 is 10.7. The number of nitrogens with two attached hydrogens (primary N) is 1. The third kappa shape index (κ3) is 5.03. The maximum atomic E-state index is 13.2. The van der Waals surface area contributed by atoms with E-state index in [0.717, 1.165) is 30.6 Å². The number of carbonyl (C=O) groups excluding carboxylic acids is 2. The van der Waals surface area contributed by atoms with Gasteiger partial charge in [0.2, 0.25) is 5.91 Å². The molecule has 1 saturated heterocycles. The number of methoxy groups -OCH3 is 1. The van der Waals surface area contributed by atoms with Gasteiger partial charge in [-0.25, -0.2) is 0 Å². The van der Waals surface area contributed by atoms with E-state index >= 15 is 0 Å². The van der Waals surface area contributed by atoms with Gasteiger partial charge in [0.1, 0.15) is 0 Å². The molecule has 5 rings (SSSR count). The Kier molecular flexibility index (Phi) is 6.96. The average molecular weight is 531 g/mol. The molecule has 0 saturated carbocycles. The van der Waals surface area contributed by atoms with Gasteiger partial charge in [-0.3, -0.25) is 19.7 Å². The van der Waals surface area contributed by atoms with E-state index in [1.165, 1.54) is 13.2 Å². The zero-order valence-electron chi connectivity index (χ0n) is 21.8. The molecule has 202 valence electrons. The zero-order valence-corrected chi connectivity index (χ0v) is 21.8. The molecule has 10 heteroatoms. The van der Waals surface area contributed by atoms with Crippen molar-refractivity contribution in [1.82, 2.24) is 0 Å². The van der Waals surface area contributed by atoms with E-state index < -0.39 is 16.2 Å². The average Bonchev–Trinajstić information content (AvgIpc) is 3.41. The van der Waals surface area contributed by atoms with Crippen molar-refractivity contribution in [3.05, 3.63) is 75.8 Å². The number of nitro benzene ring substituents is 1.